The van der Waals surface area contributed by atoms with E-state index in [1.807, 2.05) is 36.4 Å². The maximum Gasteiger partial charge on any atom is 2.00 e. The van der Waals surface area contributed by atoms with Crippen LogP contribution in [0.15, 0.2) is 82.8 Å². The molecule has 0 radical (unpaired) electrons. The van der Waals surface area contributed by atoms with Gasteiger partial charge in [0.15, 0.2) is 10.1 Å². The molecule has 0 aliphatic carbocycles. The molecule has 0 spiro atoms. The molecule has 0 bridgehead atoms. The summed E-state index contributed by atoms with van der Waals surface area (Å²) in [6, 6.07) is 24.6. The molecule has 0 N–H and O–H groups in total. The minimum Gasteiger partial charge on any atom is -1.00 e. The Hall–Kier alpha value is -2.72. The third-order valence-corrected chi connectivity index (χ3v) is 6.34. The molecule has 1 saturated heterocycles. The van der Waals surface area contributed by atoms with Crippen LogP contribution < -0.4 is 0 Å². The predicted octanol–water partition coefficient (Wildman–Crippen LogP) is 8.84. The second-order valence-corrected chi connectivity index (χ2v) is 11.1. The minimum absolute atomic E-state index is 0. The van der Waals surface area contributed by atoms with Crippen molar-refractivity contribution in [3.63, 3.8) is 0 Å². The van der Waals surface area contributed by atoms with E-state index in [1.165, 1.54) is 35.1 Å². The van der Waals surface area contributed by atoms with Crippen molar-refractivity contribution in [3.8, 4) is 0 Å². The van der Waals surface area contributed by atoms with Crippen LogP contribution in [-0.4, -0.2) is 43.1 Å². The number of benzene rings is 3. The fraction of sp³-hybridized carbons (Fsp3) is 0.375. The molecular weight excluding hydrogens is 666 g/mol. The van der Waals surface area contributed by atoms with E-state index in [0.29, 0.717) is 0 Å². The van der Waals surface area contributed by atoms with Crippen LogP contribution in [0.1, 0.15) is 56.8 Å². The molecule has 11 heteroatoms. The van der Waals surface area contributed by atoms with Crippen molar-refractivity contribution in [2.45, 2.75) is 66.3 Å². The molecule has 0 aromatic heterocycles. The maximum atomic E-state index is 10.7. The van der Waals surface area contributed by atoms with Gasteiger partial charge in [-0.25, -0.2) is 8.42 Å². The van der Waals surface area contributed by atoms with Gasteiger partial charge in [-0.05, 0) is 76.6 Å². The summed E-state index contributed by atoms with van der Waals surface area (Å²) in [5, 5.41) is 0. The number of rotatable bonds is 4. The Labute approximate surface area is 268 Å². The second-order valence-electron chi connectivity index (χ2n) is 9.73. The first-order valence-corrected chi connectivity index (χ1v) is 14.8. The number of halogens is 3. The normalized spacial score (nSPS) is 13.3. The van der Waals surface area contributed by atoms with Crippen molar-refractivity contribution in [2.75, 3.05) is 13.2 Å². The van der Waals surface area contributed by atoms with E-state index in [2.05, 4.69) is 77.9 Å². The number of para-hydroxylation sites is 2. The van der Waals surface area contributed by atoms with Crippen molar-refractivity contribution in [1.29, 1.82) is 0 Å². The zero-order valence-electron chi connectivity index (χ0n) is 26.4. The van der Waals surface area contributed by atoms with Crippen LogP contribution >= 0.6 is 0 Å². The summed E-state index contributed by atoms with van der Waals surface area (Å²) in [6.07, 6.45) is 3.35. The molecule has 43 heavy (non-hydrogen) atoms. The zero-order chi connectivity index (χ0) is 31.8. The third kappa shape index (κ3) is 16.6. The first-order valence-electron chi connectivity index (χ1n) is 13.4. The molecule has 1 heterocycles. The first-order chi connectivity index (χ1) is 19.6. The molecule has 0 unspecified atom stereocenters. The average Bonchev–Trinajstić information content (AvgIpc) is 3.50. The Morgan fingerprint density at radius 2 is 1.02 bits per heavy atom. The zero-order valence-corrected chi connectivity index (χ0v) is 27.9. The van der Waals surface area contributed by atoms with Gasteiger partial charge in [0.2, 0.25) is 0 Å². The summed E-state index contributed by atoms with van der Waals surface area (Å²) in [4.78, 5) is 9.64. The quantitative estimate of drug-likeness (QED) is 0.117. The van der Waals surface area contributed by atoms with Crippen LogP contribution in [0.25, 0.3) is 0 Å². The van der Waals surface area contributed by atoms with Gasteiger partial charge in [-0.3, -0.25) is 9.98 Å². The van der Waals surface area contributed by atoms with Crippen LogP contribution in [-0.2, 0) is 34.3 Å². The summed E-state index contributed by atoms with van der Waals surface area (Å²) in [7, 11) is -6.09. The Balaban J connectivity index is 0. The van der Waals surface area contributed by atoms with Crippen LogP contribution in [0, 0.1) is 27.7 Å². The molecule has 4 rings (SSSR count). The summed E-state index contributed by atoms with van der Waals surface area (Å²) in [5.74, 6) is 0. The van der Waals surface area contributed by atoms with E-state index >= 15 is 0 Å². The Kier molecular flexibility index (Phi) is 19.0. The van der Waals surface area contributed by atoms with Gasteiger partial charge in [0.25, 0.3) is 0 Å². The molecule has 238 valence electrons. The number of alkyl halides is 3. The van der Waals surface area contributed by atoms with Crippen molar-refractivity contribution < 1.29 is 51.8 Å². The molecule has 3 aromatic carbocycles. The van der Waals surface area contributed by atoms with Gasteiger partial charge < -0.3 is 10.7 Å². The van der Waals surface area contributed by atoms with Crippen molar-refractivity contribution in [2.24, 2.45) is 9.98 Å². The third-order valence-electron chi connectivity index (χ3n) is 5.77. The number of aliphatic imine (C=N–C) groups is 2. The van der Waals surface area contributed by atoms with Gasteiger partial charge in [-0.1, -0.05) is 72.8 Å². The molecule has 1 fully saturated rings. The van der Waals surface area contributed by atoms with Gasteiger partial charge in [-0.15, -0.1) is 0 Å². The van der Waals surface area contributed by atoms with Gasteiger partial charge in [0.1, 0.15) is 0 Å². The van der Waals surface area contributed by atoms with Gasteiger partial charge in [0.05, 0.1) is 11.4 Å². The van der Waals surface area contributed by atoms with E-state index in [9.17, 15) is 13.2 Å². The molecule has 6 nitrogen and oxygen atoms in total. The molecule has 0 amide bonds. The second kappa shape index (κ2) is 20.3. The molecular formula is C32H41F3N2O4RuS. The van der Waals surface area contributed by atoms with Crippen LogP contribution in [0.4, 0.5) is 24.5 Å². The summed E-state index contributed by atoms with van der Waals surface area (Å²) in [5.41, 5.74) is 3.58. The van der Waals surface area contributed by atoms with E-state index < -0.39 is 15.6 Å². The fourth-order valence-corrected chi connectivity index (χ4v) is 3.69. The Morgan fingerprint density at radius 3 is 1.23 bits per heavy atom. The van der Waals surface area contributed by atoms with Gasteiger partial charge >= 0.3 is 25.0 Å². The van der Waals surface area contributed by atoms with Crippen molar-refractivity contribution in [3.05, 3.63) is 95.1 Å². The largest absolute Gasteiger partial charge is 2.00 e. The molecule has 1 aliphatic heterocycles. The molecule has 0 saturated carbocycles. The smallest absolute Gasteiger partial charge is 1.00 e. The van der Waals surface area contributed by atoms with E-state index in [0.717, 1.165) is 42.4 Å². The van der Waals surface area contributed by atoms with Crippen molar-refractivity contribution >= 4 is 32.9 Å². The Bertz CT molecular complexity index is 1270. The SMILES string of the molecule is C1CCOC1.CC(CC(C)=Nc1c(C)cccc1C)=Nc1c(C)cccc1C.O=S(=O)([O-])C(F)(F)F.[H-].[Ru+2].c1ccccc1. The monoisotopic (exact) mass is 708 g/mol. The summed E-state index contributed by atoms with van der Waals surface area (Å²) in [6.45, 7) is 14.6. The first kappa shape index (κ1) is 40.3. The Morgan fingerprint density at radius 1 is 0.744 bits per heavy atom. The van der Waals surface area contributed by atoms with E-state index in [-0.39, 0.29) is 20.9 Å². The standard InChI is InChI=1S/C21H26N2.C6H6.C4H8O.CHF3O3S.Ru.H/c1-14-9-7-10-15(2)20(14)22-18(5)13-19(6)23-21-16(3)11-8-12-17(21)4;1-2-4-6-5-3-1;1-2-4-5-3-1;2-1(3,4)8(5,6)7;;/h7-12H,13H2,1-6H3;1-6H;1-4H2;(H,5,6,7);;/q;;;;+2;-1/p-1. The number of ether oxygens (including phenoxy) is 1. The van der Waals surface area contributed by atoms with Crippen LogP contribution in [0.2, 0.25) is 0 Å². The maximum absolute atomic E-state index is 10.7. The number of nitrogens with zero attached hydrogens (tertiary/aromatic N) is 2. The fourth-order valence-electron chi connectivity index (χ4n) is 3.69. The van der Waals surface area contributed by atoms with E-state index in [4.69, 9.17) is 27.7 Å². The number of aryl methyl sites for hydroxylation is 4. The average molecular weight is 708 g/mol. The van der Waals surface area contributed by atoms with Crippen LogP contribution in [0.3, 0.4) is 0 Å². The van der Waals surface area contributed by atoms with Crippen molar-refractivity contribution in [1.82, 2.24) is 0 Å². The van der Waals surface area contributed by atoms with E-state index in [1.54, 1.807) is 0 Å². The predicted molar refractivity (Wildman–Crippen MR) is 165 cm³/mol. The summed E-state index contributed by atoms with van der Waals surface area (Å²) >= 11 is 0. The molecule has 0 atom stereocenters. The van der Waals surface area contributed by atoms with Gasteiger partial charge in [0, 0.05) is 31.1 Å². The topological polar surface area (TPSA) is 91.2 Å². The molecule has 3 aromatic rings. The van der Waals surface area contributed by atoms with Gasteiger partial charge in [-0.2, -0.15) is 13.2 Å². The summed E-state index contributed by atoms with van der Waals surface area (Å²) < 4.78 is 63.8. The minimum atomic E-state index is -6.09. The molecule has 1 aliphatic rings. The number of hydrogen-bond donors (Lipinski definition) is 0. The number of hydrogen-bond acceptors (Lipinski definition) is 6. The van der Waals surface area contributed by atoms with Crippen LogP contribution in [0.5, 0.6) is 0 Å².